The maximum Gasteiger partial charge on any atom is 0.214 e. The molecule has 7 nitrogen and oxygen atoms in total. The molecular weight excluding hydrogens is 383 g/mol. The van der Waals surface area contributed by atoms with E-state index in [4.69, 9.17) is 4.74 Å². The maximum atomic E-state index is 13.6. The molecule has 1 atom stereocenters. The Labute approximate surface area is 176 Å². The molecule has 1 fully saturated rings. The van der Waals surface area contributed by atoms with Crippen molar-refractivity contribution >= 4 is 0 Å². The molecule has 1 aliphatic heterocycles. The largest absolute Gasteiger partial charge is 0.383 e. The number of hydrogen-bond acceptors (Lipinski definition) is 4. The zero-order chi connectivity index (χ0) is 20.8. The minimum atomic E-state index is -0.233. The van der Waals surface area contributed by atoms with E-state index in [2.05, 4.69) is 45.9 Å². The Morgan fingerprint density at radius 3 is 2.47 bits per heavy atom. The fourth-order valence-corrected chi connectivity index (χ4v) is 4.25. The first-order chi connectivity index (χ1) is 14.7. The average molecular weight is 413 g/mol. The second-order valence-electron chi connectivity index (χ2n) is 7.81. The SMILES string of the molecule is COCCn1nnnc1[C@H](c1ccc(F)cc1)[NH+]1CC[NH+](Cc2ccccc2)CC1. The summed E-state index contributed by atoms with van der Waals surface area (Å²) in [6, 6.07) is 17.3. The van der Waals surface area contributed by atoms with Crippen LogP contribution in [0.1, 0.15) is 23.0 Å². The Kier molecular flexibility index (Phi) is 6.78. The van der Waals surface area contributed by atoms with Crippen LogP contribution in [0.15, 0.2) is 54.6 Å². The third kappa shape index (κ3) is 4.89. The van der Waals surface area contributed by atoms with Crippen LogP contribution >= 0.6 is 0 Å². The van der Waals surface area contributed by atoms with Crippen molar-refractivity contribution in [3.63, 3.8) is 0 Å². The molecule has 1 saturated heterocycles. The fourth-order valence-electron chi connectivity index (χ4n) is 4.25. The van der Waals surface area contributed by atoms with Gasteiger partial charge in [-0.2, -0.15) is 0 Å². The number of halogens is 1. The molecule has 0 bridgehead atoms. The summed E-state index contributed by atoms with van der Waals surface area (Å²) in [4.78, 5) is 2.99. The first-order valence-corrected chi connectivity index (χ1v) is 10.5. The van der Waals surface area contributed by atoms with Gasteiger partial charge in [-0.15, -0.1) is 5.10 Å². The number of hydrogen-bond donors (Lipinski definition) is 2. The highest BCUT2D eigenvalue weighted by molar-refractivity contribution is 5.23. The van der Waals surface area contributed by atoms with Crippen LogP contribution in [-0.4, -0.2) is 60.1 Å². The van der Waals surface area contributed by atoms with Gasteiger partial charge in [-0.3, -0.25) is 0 Å². The Balaban J connectivity index is 1.52. The monoisotopic (exact) mass is 412 g/mol. The number of nitrogens with one attached hydrogen (secondary N) is 2. The molecule has 0 radical (unpaired) electrons. The van der Waals surface area contributed by atoms with Gasteiger partial charge in [0.2, 0.25) is 5.82 Å². The normalized spacial score (nSPS) is 20.2. The summed E-state index contributed by atoms with van der Waals surface area (Å²) < 4.78 is 20.6. The minimum Gasteiger partial charge on any atom is -0.383 e. The summed E-state index contributed by atoms with van der Waals surface area (Å²) in [7, 11) is 1.67. The number of ether oxygens (including phenoxy) is 1. The zero-order valence-corrected chi connectivity index (χ0v) is 17.3. The number of benzene rings is 2. The average Bonchev–Trinajstić information content (AvgIpc) is 3.24. The molecule has 0 aliphatic carbocycles. The molecule has 4 rings (SSSR count). The van der Waals surface area contributed by atoms with Crippen molar-refractivity contribution in [3.05, 3.63) is 77.4 Å². The Morgan fingerprint density at radius 2 is 1.77 bits per heavy atom. The first kappa shape index (κ1) is 20.6. The van der Waals surface area contributed by atoms with Gasteiger partial charge < -0.3 is 14.5 Å². The Hall–Kier alpha value is -2.68. The predicted octanol–water partition coefficient (Wildman–Crippen LogP) is -0.468. The van der Waals surface area contributed by atoms with Gasteiger partial charge in [0.15, 0.2) is 6.04 Å². The summed E-state index contributed by atoms with van der Waals surface area (Å²) in [5, 5.41) is 12.4. The number of nitrogens with zero attached hydrogens (tertiary/aromatic N) is 4. The van der Waals surface area contributed by atoms with E-state index in [1.807, 2.05) is 16.8 Å². The molecule has 3 aromatic rings. The molecular formula is C22H29FN6O+2. The van der Waals surface area contributed by atoms with Gasteiger partial charge in [0.25, 0.3) is 0 Å². The number of quaternary nitrogens is 2. The molecule has 0 spiro atoms. The molecule has 1 aliphatic rings. The lowest BCUT2D eigenvalue weighted by atomic mass is 10.0. The van der Waals surface area contributed by atoms with Gasteiger partial charge in [0, 0.05) is 18.2 Å². The molecule has 158 valence electrons. The second kappa shape index (κ2) is 9.88. The van der Waals surface area contributed by atoms with Crippen LogP contribution in [0, 0.1) is 5.82 Å². The van der Waals surface area contributed by atoms with Crippen LogP contribution in [0.4, 0.5) is 4.39 Å². The van der Waals surface area contributed by atoms with Crippen molar-refractivity contribution in [2.45, 2.75) is 19.1 Å². The van der Waals surface area contributed by atoms with E-state index in [1.54, 1.807) is 12.0 Å². The highest BCUT2D eigenvalue weighted by atomic mass is 19.1. The molecule has 0 unspecified atom stereocenters. The topological polar surface area (TPSA) is 61.7 Å². The van der Waals surface area contributed by atoms with Crippen molar-refractivity contribution in [2.24, 2.45) is 0 Å². The third-order valence-electron chi connectivity index (χ3n) is 5.83. The van der Waals surface area contributed by atoms with Gasteiger partial charge in [0.1, 0.15) is 38.5 Å². The van der Waals surface area contributed by atoms with Crippen LogP contribution in [-0.2, 0) is 17.8 Å². The van der Waals surface area contributed by atoms with Crippen molar-refractivity contribution in [2.75, 3.05) is 39.9 Å². The molecule has 2 heterocycles. The maximum absolute atomic E-state index is 13.6. The lowest BCUT2D eigenvalue weighted by Crippen LogP contribution is -3.27. The summed E-state index contributed by atoms with van der Waals surface area (Å²) in [6.07, 6.45) is 0. The number of tetrazole rings is 1. The summed E-state index contributed by atoms with van der Waals surface area (Å²) in [6.45, 7) is 6.32. The first-order valence-electron chi connectivity index (χ1n) is 10.5. The third-order valence-corrected chi connectivity index (χ3v) is 5.83. The summed E-state index contributed by atoms with van der Waals surface area (Å²) in [5.74, 6) is 0.573. The van der Waals surface area contributed by atoms with Gasteiger partial charge in [-0.1, -0.05) is 30.3 Å². The molecule has 0 amide bonds. The van der Waals surface area contributed by atoms with E-state index >= 15 is 0 Å². The number of piperazine rings is 1. The van der Waals surface area contributed by atoms with Gasteiger partial charge in [-0.25, -0.2) is 9.07 Å². The molecule has 2 N–H and O–H groups in total. The number of methoxy groups -OCH3 is 1. The van der Waals surface area contributed by atoms with Gasteiger partial charge in [0.05, 0.1) is 13.2 Å². The smallest absolute Gasteiger partial charge is 0.214 e. The number of rotatable bonds is 8. The van der Waals surface area contributed by atoms with E-state index in [9.17, 15) is 4.39 Å². The summed E-state index contributed by atoms with van der Waals surface area (Å²) in [5.41, 5.74) is 2.40. The molecule has 0 saturated carbocycles. The van der Waals surface area contributed by atoms with Crippen LogP contribution in [0.25, 0.3) is 0 Å². The van der Waals surface area contributed by atoms with Gasteiger partial charge in [-0.05, 0) is 34.7 Å². The minimum absolute atomic E-state index is 0.0317. The Bertz CT molecular complexity index is 909. The van der Waals surface area contributed by atoms with Gasteiger partial charge >= 0.3 is 0 Å². The molecule has 1 aromatic heterocycles. The van der Waals surface area contributed by atoms with E-state index in [0.717, 1.165) is 44.1 Å². The Morgan fingerprint density at radius 1 is 1.03 bits per heavy atom. The molecule has 2 aromatic carbocycles. The summed E-state index contributed by atoms with van der Waals surface area (Å²) >= 11 is 0. The van der Waals surface area contributed by atoms with Crippen LogP contribution in [0.2, 0.25) is 0 Å². The predicted molar refractivity (Wildman–Crippen MR) is 109 cm³/mol. The van der Waals surface area contributed by atoms with E-state index in [1.165, 1.54) is 22.6 Å². The standard InChI is InChI=1S/C22H27FN6O/c1-30-16-15-29-22(24-25-26-29)21(19-7-9-20(23)10-8-19)28-13-11-27(12-14-28)17-18-5-3-2-4-6-18/h2-10,21H,11-17H2,1H3/p+2/t21-/m0/s1. The van der Waals surface area contributed by atoms with Crippen LogP contribution in [0.3, 0.4) is 0 Å². The number of aromatic nitrogens is 4. The van der Waals surface area contributed by atoms with Crippen LogP contribution < -0.4 is 9.80 Å². The van der Waals surface area contributed by atoms with E-state index < -0.39 is 0 Å². The van der Waals surface area contributed by atoms with Crippen molar-refractivity contribution < 1.29 is 18.9 Å². The van der Waals surface area contributed by atoms with Crippen molar-refractivity contribution in [3.8, 4) is 0 Å². The highest BCUT2D eigenvalue weighted by Crippen LogP contribution is 2.17. The van der Waals surface area contributed by atoms with Crippen molar-refractivity contribution in [1.82, 2.24) is 20.2 Å². The lowest BCUT2D eigenvalue weighted by Gasteiger charge is -2.34. The zero-order valence-electron chi connectivity index (χ0n) is 17.3. The molecule has 8 heteroatoms. The molecule has 30 heavy (non-hydrogen) atoms. The second-order valence-corrected chi connectivity index (χ2v) is 7.81. The highest BCUT2D eigenvalue weighted by Gasteiger charge is 2.35. The van der Waals surface area contributed by atoms with E-state index in [-0.39, 0.29) is 11.9 Å². The quantitative estimate of drug-likeness (QED) is 0.525. The van der Waals surface area contributed by atoms with Crippen LogP contribution in [0.5, 0.6) is 0 Å². The van der Waals surface area contributed by atoms with E-state index in [0.29, 0.717) is 13.2 Å². The fraction of sp³-hybridized carbons (Fsp3) is 0.409. The lowest BCUT2D eigenvalue weighted by molar-refractivity contribution is -1.03. The van der Waals surface area contributed by atoms with Crippen molar-refractivity contribution in [1.29, 1.82) is 0 Å².